The first-order valence-electron chi connectivity index (χ1n) is 10.6. The molecule has 0 aromatic heterocycles. The zero-order chi connectivity index (χ0) is 23.5. The lowest BCUT2D eigenvalue weighted by molar-refractivity contribution is -0.139. The molecular formula is C23H23ClN4O4S. The quantitative estimate of drug-likeness (QED) is 0.630. The number of benzene rings is 2. The molecule has 2 aromatic rings. The third kappa shape index (κ3) is 5.25. The standard InChI is InChI=1S/C23H23ClN4O4S/c1-15-8-17(24)11-19(9-15)32-20-3-2-16(12-25)10-21(20)33(31)28-7-6-26-13-18(28)14-27-22(29)4-5-23(27)30/h2-3,8-11,18,26H,4-7,13-14H2,1H3. The molecule has 0 saturated carbocycles. The minimum absolute atomic E-state index is 0.165. The van der Waals surface area contributed by atoms with Gasteiger partial charge in [0.2, 0.25) is 11.8 Å². The number of amides is 2. The summed E-state index contributed by atoms with van der Waals surface area (Å²) in [6, 6.07) is 11.8. The molecule has 2 aliphatic heterocycles. The number of ether oxygens (including phenoxy) is 1. The van der Waals surface area contributed by atoms with E-state index in [0.29, 0.717) is 46.6 Å². The first kappa shape index (κ1) is 23.4. The number of rotatable bonds is 6. The van der Waals surface area contributed by atoms with Crippen molar-refractivity contribution in [2.24, 2.45) is 0 Å². The summed E-state index contributed by atoms with van der Waals surface area (Å²) in [5, 5.41) is 13.2. The molecule has 10 heteroatoms. The highest BCUT2D eigenvalue weighted by molar-refractivity contribution is 7.82. The highest BCUT2D eigenvalue weighted by Crippen LogP contribution is 2.32. The van der Waals surface area contributed by atoms with Gasteiger partial charge in [0.1, 0.15) is 22.5 Å². The Kier molecular flexibility index (Phi) is 7.10. The van der Waals surface area contributed by atoms with Crippen molar-refractivity contribution >= 4 is 34.4 Å². The van der Waals surface area contributed by atoms with Crippen molar-refractivity contribution in [1.82, 2.24) is 14.5 Å². The molecule has 2 atom stereocenters. The lowest BCUT2D eigenvalue weighted by Gasteiger charge is -2.36. The Labute approximate surface area is 199 Å². The second-order valence-corrected chi connectivity index (χ2v) is 9.83. The van der Waals surface area contributed by atoms with Crippen LogP contribution in [0.3, 0.4) is 0 Å². The van der Waals surface area contributed by atoms with Crippen molar-refractivity contribution in [3.63, 3.8) is 0 Å². The summed E-state index contributed by atoms with van der Waals surface area (Å²) in [4.78, 5) is 25.8. The number of hydrogen-bond donors (Lipinski definition) is 1. The molecule has 0 bridgehead atoms. The molecule has 2 aliphatic rings. The molecule has 2 aromatic carbocycles. The Bertz CT molecular complexity index is 1130. The fraction of sp³-hybridized carbons (Fsp3) is 0.348. The zero-order valence-corrected chi connectivity index (χ0v) is 19.6. The van der Waals surface area contributed by atoms with Crippen LogP contribution in [0.4, 0.5) is 0 Å². The monoisotopic (exact) mass is 486 g/mol. The van der Waals surface area contributed by atoms with E-state index in [2.05, 4.69) is 11.4 Å². The van der Waals surface area contributed by atoms with E-state index >= 15 is 0 Å². The molecule has 33 heavy (non-hydrogen) atoms. The van der Waals surface area contributed by atoms with Gasteiger partial charge in [-0.15, -0.1) is 0 Å². The van der Waals surface area contributed by atoms with E-state index in [0.717, 1.165) is 5.56 Å². The predicted molar refractivity (Wildman–Crippen MR) is 123 cm³/mol. The van der Waals surface area contributed by atoms with Gasteiger partial charge in [-0.05, 0) is 48.9 Å². The van der Waals surface area contributed by atoms with Gasteiger partial charge in [0.15, 0.2) is 0 Å². The minimum Gasteiger partial charge on any atom is -0.456 e. The van der Waals surface area contributed by atoms with E-state index in [1.807, 2.05) is 13.0 Å². The first-order chi connectivity index (χ1) is 15.9. The fourth-order valence-corrected chi connectivity index (χ4v) is 5.68. The Morgan fingerprint density at radius 1 is 1.21 bits per heavy atom. The van der Waals surface area contributed by atoms with Gasteiger partial charge in [-0.3, -0.25) is 14.5 Å². The number of imide groups is 1. The molecular weight excluding hydrogens is 464 g/mol. The van der Waals surface area contributed by atoms with Crippen LogP contribution in [0.1, 0.15) is 24.0 Å². The lowest BCUT2D eigenvalue weighted by Crippen LogP contribution is -2.56. The van der Waals surface area contributed by atoms with Crippen LogP contribution < -0.4 is 10.1 Å². The molecule has 0 spiro atoms. The van der Waals surface area contributed by atoms with Crippen molar-refractivity contribution in [3.8, 4) is 17.6 Å². The van der Waals surface area contributed by atoms with Gasteiger partial charge < -0.3 is 10.1 Å². The van der Waals surface area contributed by atoms with Crippen LogP contribution in [-0.2, 0) is 20.6 Å². The topological polar surface area (TPSA) is 103 Å². The third-order valence-electron chi connectivity index (χ3n) is 5.56. The normalized spacial score (nSPS) is 20.0. The van der Waals surface area contributed by atoms with Gasteiger partial charge in [0.05, 0.1) is 22.6 Å². The SMILES string of the molecule is Cc1cc(Cl)cc(Oc2ccc(C#N)cc2S(=O)N2CCNCC2CN2C(=O)CCC2=O)c1. The number of carbonyl (C=O) groups is 2. The number of aryl methyl sites for hydroxylation is 1. The van der Waals surface area contributed by atoms with Gasteiger partial charge in [0, 0.05) is 44.0 Å². The minimum atomic E-state index is -1.70. The van der Waals surface area contributed by atoms with Gasteiger partial charge >= 0.3 is 0 Å². The van der Waals surface area contributed by atoms with Crippen LogP contribution in [-0.4, -0.2) is 57.4 Å². The Balaban J connectivity index is 1.64. The molecule has 2 amide bonds. The van der Waals surface area contributed by atoms with Crippen molar-refractivity contribution in [1.29, 1.82) is 5.26 Å². The van der Waals surface area contributed by atoms with Crippen molar-refractivity contribution in [2.45, 2.75) is 30.7 Å². The van der Waals surface area contributed by atoms with Crippen molar-refractivity contribution in [3.05, 3.63) is 52.5 Å². The van der Waals surface area contributed by atoms with Crippen LogP contribution in [0.15, 0.2) is 41.3 Å². The average molecular weight is 487 g/mol. The van der Waals surface area contributed by atoms with Gasteiger partial charge in [-0.2, -0.15) is 5.26 Å². The second-order valence-electron chi connectivity index (χ2n) is 7.99. The molecule has 1 N–H and O–H groups in total. The molecule has 0 aliphatic carbocycles. The van der Waals surface area contributed by atoms with Gasteiger partial charge in [0.25, 0.3) is 0 Å². The van der Waals surface area contributed by atoms with Crippen LogP contribution in [0.25, 0.3) is 0 Å². The summed E-state index contributed by atoms with van der Waals surface area (Å²) >= 11 is 6.15. The maximum Gasteiger partial charge on any atom is 0.229 e. The average Bonchev–Trinajstić information content (AvgIpc) is 3.10. The van der Waals surface area contributed by atoms with E-state index in [9.17, 15) is 19.1 Å². The number of nitriles is 1. The van der Waals surface area contributed by atoms with E-state index in [4.69, 9.17) is 16.3 Å². The Morgan fingerprint density at radius 3 is 2.67 bits per heavy atom. The van der Waals surface area contributed by atoms with Crippen LogP contribution in [0.5, 0.6) is 11.5 Å². The van der Waals surface area contributed by atoms with Gasteiger partial charge in [-0.25, -0.2) is 8.51 Å². The lowest BCUT2D eigenvalue weighted by atomic mass is 10.2. The molecule has 2 saturated heterocycles. The number of hydrogen-bond acceptors (Lipinski definition) is 6. The number of halogens is 1. The van der Waals surface area contributed by atoms with E-state index in [1.54, 1.807) is 34.6 Å². The van der Waals surface area contributed by atoms with E-state index < -0.39 is 11.0 Å². The molecule has 4 rings (SSSR count). The predicted octanol–water partition coefficient (Wildman–Crippen LogP) is 2.76. The fourth-order valence-electron chi connectivity index (χ4n) is 3.97. The van der Waals surface area contributed by atoms with Crippen LogP contribution in [0, 0.1) is 18.3 Å². The largest absolute Gasteiger partial charge is 0.456 e. The summed E-state index contributed by atoms with van der Waals surface area (Å²) in [6.45, 7) is 3.58. The number of piperazine rings is 1. The summed E-state index contributed by atoms with van der Waals surface area (Å²) < 4.78 is 21.6. The highest BCUT2D eigenvalue weighted by Gasteiger charge is 2.36. The number of likely N-dealkylation sites (tertiary alicyclic amines) is 1. The summed E-state index contributed by atoms with van der Waals surface area (Å²) in [5.74, 6) is 0.430. The van der Waals surface area contributed by atoms with Crippen LogP contribution >= 0.6 is 11.6 Å². The number of nitrogens with one attached hydrogen (secondary N) is 1. The maximum atomic E-state index is 13.8. The van der Waals surface area contributed by atoms with Crippen molar-refractivity contribution in [2.75, 3.05) is 26.2 Å². The van der Waals surface area contributed by atoms with E-state index in [-0.39, 0.29) is 37.2 Å². The Hall–Kier alpha value is -2.77. The van der Waals surface area contributed by atoms with E-state index in [1.165, 1.54) is 4.90 Å². The number of carbonyl (C=O) groups excluding carboxylic acids is 2. The highest BCUT2D eigenvalue weighted by atomic mass is 35.5. The summed E-state index contributed by atoms with van der Waals surface area (Å²) in [5.41, 5.74) is 1.26. The molecule has 8 nitrogen and oxygen atoms in total. The van der Waals surface area contributed by atoms with Gasteiger partial charge in [-0.1, -0.05) is 11.6 Å². The summed E-state index contributed by atoms with van der Waals surface area (Å²) in [6.07, 6.45) is 0.423. The molecule has 2 unspecified atom stereocenters. The second kappa shape index (κ2) is 10.0. The molecule has 172 valence electrons. The van der Waals surface area contributed by atoms with Crippen molar-refractivity contribution < 1.29 is 18.5 Å². The third-order valence-corrected chi connectivity index (χ3v) is 7.38. The zero-order valence-electron chi connectivity index (χ0n) is 18.0. The maximum absolute atomic E-state index is 13.8. The summed E-state index contributed by atoms with van der Waals surface area (Å²) in [7, 11) is -1.70. The smallest absolute Gasteiger partial charge is 0.229 e. The van der Waals surface area contributed by atoms with Crippen LogP contribution in [0.2, 0.25) is 5.02 Å². The number of nitrogens with zero attached hydrogens (tertiary/aromatic N) is 3. The Morgan fingerprint density at radius 2 is 1.97 bits per heavy atom. The molecule has 2 heterocycles. The molecule has 0 radical (unpaired) electrons. The first-order valence-corrected chi connectivity index (χ1v) is 12.1. The molecule has 2 fully saturated rings.